The Hall–Kier alpha value is -2.74. The highest BCUT2D eigenvalue weighted by atomic mass is 16.5. The lowest BCUT2D eigenvalue weighted by Crippen LogP contribution is -2.46. The molecule has 5 heteroatoms. The average molecular weight is 363 g/mol. The highest BCUT2D eigenvalue weighted by Gasteiger charge is 2.48. The summed E-state index contributed by atoms with van der Waals surface area (Å²) in [6.07, 6.45) is 5.74. The summed E-state index contributed by atoms with van der Waals surface area (Å²) in [4.78, 5) is 18.3. The van der Waals surface area contributed by atoms with Crippen molar-refractivity contribution >= 4 is 16.9 Å². The van der Waals surface area contributed by atoms with Crippen LogP contribution in [0.15, 0.2) is 36.0 Å². The van der Waals surface area contributed by atoms with Crippen LogP contribution in [0.5, 0.6) is 0 Å². The number of hydrogen-bond donors (Lipinski definition) is 1. The molecule has 27 heavy (non-hydrogen) atoms. The zero-order valence-corrected chi connectivity index (χ0v) is 15.9. The number of aromatic nitrogens is 1. The first-order valence-electron chi connectivity index (χ1n) is 9.64. The van der Waals surface area contributed by atoms with Gasteiger partial charge >= 0.3 is 5.97 Å². The highest BCUT2D eigenvalue weighted by molar-refractivity contribution is 5.89. The Morgan fingerprint density at radius 2 is 2.26 bits per heavy atom. The first-order valence-corrected chi connectivity index (χ1v) is 9.64. The molecule has 0 fully saturated rings. The molecule has 4 rings (SSSR count). The number of nitriles is 1. The molecule has 0 saturated carbocycles. The Bertz CT molecular complexity index is 952. The molecule has 1 aromatic heterocycles. The number of nitrogens with one attached hydrogen (secondary N) is 1. The van der Waals surface area contributed by atoms with E-state index in [1.165, 1.54) is 23.8 Å². The Morgan fingerprint density at radius 3 is 3.00 bits per heavy atom. The third-order valence-corrected chi connectivity index (χ3v) is 6.40. The summed E-state index contributed by atoms with van der Waals surface area (Å²) in [5.41, 5.74) is 4.36. The van der Waals surface area contributed by atoms with Gasteiger partial charge < -0.3 is 14.6 Å². The van der Waals surface area contributed by atoms with Gasteiger partial charge in [-0.25, -0.2) is 4.79 Å². The molecule has 1 N–H and O–H groups in total. The first-order chi connectivity index (χ1) is 13.1. The fraction of sp³-hybridized carbons (Fsp3) is 0.455. The van der Waals surface area contributed by atoms with Gasteiger partial charge in [0, 0.05) is 41.2 Å². The predicted molar refractivity (Wildman–Crippen MR) is 104 cm³/mol. The molecule has 0 unspecified atom stereocenters. The maximum Gasteiger partial charge on any atom is 0.335 e. The molecule has 0 radical (unpaired) electrons. The number of esters is 1. The number of carbonyl (C=O) groups is 1. The lowest BCUT2D eigenvalue weighted by atomic mass is 9.65. The van der Waals surface area contributed by atoms with E-state index in [2.05, 4.69) is 47.1 Å². The van der Waals surface area contributed by atoms with Crippen molar-refractivity contribution in [2.45, 2.75) is 45.1 Å². The smallest absolute Gasteiger partial charge is 0.335 e. The Balaban J connectivity index is 1.88. The van der Waals surface area contributed by atoms with E-state index in [4.69, 9.17) is 4.74 Å². The minimum Gasteiger partial charge on any atom is -0.466 e. The summed E-state index contributed by atoms with van der Waals surface area (Å²) in [6.45, 7) is 3.04. The summed E-state index contributed by atoms with van der Waals surface area (Å²) in [5, 5.41) is 10.5. The van der Waals surface area contributed by atoms with Crippen molar-refractivity contribution < 1.29 is 9.53 Å². The second-order valence-electron chi connectivity index (χ2n) is 7.65. The fourth-order valence-electron chi connectivity index (χ4n) is 5.06. The number of aromatic amines is 1. The summed E-state index contributed by atoms with van der Waals surface area (Å²) in [7, 11) is 1.43. The van der Waals surface area contributed by atoms with E-state index in [1.807, 2.05) is 6.20 Å². The fourth-order valence-corrected chi connectivity index (χ4v) is 5.06. The molecule has 2 atom stereocenters. The van der Waals surface area contributed by atoms with E-state index in [0.29, 0.717) is 18.4 Å². The van der Waals surface area contributed by atoms with Gasteiger partial charge in [-0.05, 0) is 37.3 Å². The lowest BCUT2D eigenvalue weighted by molar-refractivity contribution is -0.137. The van der Waals surface area contributed by atoms with Crippen LogP contribution in [0.2, 0.25) is 0 Å². The molecule has 5 nitrogen and oxygen atoms in total. The van der Waals surface area contributed by atoms with Gasteiger partial charge in [-0.3, -0.25) is 0 Å². The Morgan fingerprint density at radius 1 is 1.44 bits per heavy atom. The predicted octanol–water partition coefficient (Wildman–Crippen LogP) is 4.23. The van der Waals surface area contributed by atoms with Crippen molar-refractivity contribution in [1.82, 2.24) is 9.88 Å². The van der Waals surface area contributed by atoms with E-state index in [9.17, 15) is 10.1 Å². The number of carbonyl (C=O) groups excluding carboxylic acids is 1. The van der Waals surface area contributed by atoms with Crippen molar-refractivity contribution in [1.29, 1.82) is 5.26 Å². The molecule has 3 heterocycles. The van der Waals surface area contributed by atoms with Crippen LogP contribution in [0.4, 0.5) is 0 Å². The summed E-state index contributed by atoms with van der Waals surface area (Å²) >= 11 is 0. The van der Waals surface area contributed by atoms with Gasteiger partial charge in [0.15, 0.2) is 0 Å². The van der Waals surface area contributed by atoms with Gasteiger partial charge in [-0.2, -0.15) is 5.26 Å². The topological polar surface area (TPSA) is 69.1 Å². The molecule has 2 aliphatic heterocycles. The zero-order valence-electron chi connectivity index (χ0n) is 15.9. The number of benzene rings is 1. The number of ether oxygens (including phenoxy) is 1. The lowest BCUT2D eigenvalue weighted by Gasteiger charge is -2.51. The van der Waals surface area contributed by atoms with Crippen LogP contribution in [-0.4, -0.2) is 29.5 Å². The monoisotopic (exact) mass is 363 g/mol. The number of para-hydroxylation sites is 1. The number of methoxy groups -OCH3 is 1. The number of H-pyrrole nitrogens is 1. The zero-order chi connectivity index (χ0) is 19.0. The molecule has 0 amide bonds. The SMILES string of the molecule is CC[C@@]1(CCC#N)CC(C(=O)OC)=CN2CCc3c([nH]c4ccccc34)[C@H]21. The van der Waals surface area contributed by atoms with Crippen LogP contribution in [0, 0.1) is 16.7 Å². The second-order valence-corrected chi connectivity index (χ2v) is 7.65. The number of rotatable bonds is 4. The largest absolute Gasteiger partial charge is 0.466 e. The molecule has 2 aliphatic rings. The Labute approximate surface area is 159 Å². The van der Waals surface area contributed by atoms with Crippen LogP contribution in [0.1, 0.15) is 49.9 Å². The van der Waals surface area contributed by atoms with Crippen molar-refractivity contribution in [3.05, 3.63) is 47.3 Å². The van der Waals surface area contributed by atoms with Crippen LogP contribution in [0.3, 0.4) is 0 Å². The molecular weight excluding hydrogens is 338 g/mol. The van der Waals surface area contributed by atoms with Gasteiger partial charge in [0.25, 0.3) is 0 Å². The van der Waals surface area contributed by atoms with Crippen LogP contribution < -0.4 is 0 Å². The maximum atomic E-state index is 12.3. The molecule has 0 bridgehead atoms. The van der Waals surface area contributed by atoms with Crippen LogP contribution in [-0.2, 0) is 16.0 Å². The average Bonchev–Trinajstić information content (AvgIpc) is 3.09. The molecule has 0 aliphatic carbocycles. The van der Waals surface area contributed by atoms with Crippen molar-refractivity contribution in [3.63, 3.8) is 0 Å². The minimum atomic E-state index is -0.259. The van der Waals surface area contributed by atoms with Gasteiger partial charge in [0.2, 0.25) is 0 Å². The number of fused-ring (bicyclic) bond motifs is 5. The molecule has 140 valence electrons. The normalized spacial score (nSPS) is 24.0. The van der Waals surface area contributed by atoms with Gasteiger partial charge in [0.1, 0.15) is 0 Å². The van der Waals surface area contributed by atoms with E-state index in [-0.39, 0.29) is 17.4 Å². The van der Waals surface area contributed by atoms with Gasteiger partial charge in [-0.15, -0.1) is 0 Å². The molecule has 0 saturated heterocycles. The van der Waals surface area contributed by atoms with Gasteiger partial charge in [-0.1, -0.05) is 25.1 Å². The van der Waals surface area contributed by atoms with Crippen molar-refractivity contribution in [2.75, 3.05) is 13.7 Å². The van der Waals surface area contributed by atoms with E-state index < -0.39 is 0 Å². The van der Waals surface area contributed by atoms with Crippen LogP contribution in [0.25, 0.3) is 10.9 Å². The maximum absolute atomic E-state index is 12.3. The van der Waals surface area contributed by atoms with Crippen molar-refractivity contribution in [3.8, 4) is 6.07 Å². The van der Waals surface area contributed by atoms with Crippen molar-refractivity contribution in [2.24, 2.45) is 5.41 Å². The molecular formula is C22H25N3O2. The minimum absolute atomic E-state index is 0.153. The molecule has 2 aromatic rings. The summed E-state index contributed by atoms with van der Waals surface area (Å²) < 4.78 is 5.02. The van der Waals surface area contributed by atoms with Gasteiger partial charge in [0.05, 0.1) is 24.8 Å². The number of nitrogens with zero attached hydrogens (tertiary/aromatic N) is 2. The van der Waals surface area contributed by atoms with Crippen LogP contribution >= 0.6 is 0 Å². The highest BCUT2D eigenvalue weighted by Crippen LogP contribution is 2.54. The van der Waals surface area contributed by atoms with E-state index in [0.717, 1.165) is 31.3 Å². The quantitative estimate of drug-likeness (QED) is 0.826. The first kappa shape index (κ1) is 17.7. The number of hydrogen-bond acceptors (Lipinski definition) is 4. The molecule has 0 spiro atoms. The third kappa shape index (κ3) is 2.71. The van der Waals surface area contributed by atoms with E-state index >= 15 is 0 Å². The Kier molecular flexibility index (Phi) is 4.43. The summed E-state index contributed by atoms with van der Waals surface area (Å²) in [6, 6.07) is 10.9. The molecule has 1 aromatic carbocycles. The second kappa shape index (κ2) is 6.77. The standard InChI is InChI=1S/C22H25N3O2/c1-3-22(10-6-11-23)13-15(21(26)27-2)14-25-12-9-17-16-7-4-5-8-18(16)24-19(17)20(22)25/h4-5,7-8,14,20,24H,3,6,9-10,12-13H2,1-2H3/t20-,22+/m0/s1. The van der Waals surface area contributed by atoms with E-state index in [1.54, 1.807) is 0 Å². The third-order valence-electron chi connectivity index (χ3n) is 6.40. The summed E-state index contributed by atoms with van der Waals surface area (Å²) in [5.74, 6) is -0.259.